The summed E-state index contributed by atoms with van der Waals surface area (Å²) >= 11 is 0. The molecule has 0 aromatic carbocycles. The van der Waals surface area contributed by atoms with Crippen LogP contribution >= 0.6 is 0 Å². The summed E-state index contributed by atoms with van der Waals surface area (Å²) < 4.78 is 0. The van der Waals surface area contributed by atoms with Gasteiger partial charge in [0.1, 0.15) is 11.9 Å². The zero-order chi connectivity index (χ0) is 9.97. The molecule has 0 spiro atoms. The van der Waals surface area contributed by atoms with Gasteiger partial charge >= 0.3 is 5.97 Å². The van der Waals surface area contributed by atoms with Crippen LogP contribution in [0.5, 0.6) is 0 Å². The fraction of sp³-hybridized carbons (Fsp3) is 0.444. The minimum atomic E-state index is -0.821. The lowest BCUT2D eigenvalue weighted by atomic mass is 10.2. The molecule has 0 bridgehead atoms. The zero-order valence-electron chi connectivity index (χ0n) is 7.55. The number of nitrogens with one attached hydrogen (secondary N) is 1. The van der Waals surface area contributed by atoms with Gasteiger partial charge < -0.3 is 10.4 Å². The maximum Gasteiger partial charge on any atom is 0.326 e. The van der Waals surface area contributed by atoms with Gasteiger partial charge in [0, 0.05) is 6.20 Å². The van der Waals surface area contributed by atoms with E-state index in [1.165, 1.54) is 0 Å². The molecule has 1 aromatic heterocycles. The van der Waals surface area contributed by atoms with Crippen LogP contribution in [0.3, 0.4) is 0 Å². The van der Waals surface area contributed by atoms with Crippen molar-refractivity contribution in [3.05, 3.63) is 18.3 Å². The summed E-state index contributed by atoms with van der Waals surface area (Å²) in [6, 6.07) is 2.92. The Balaban J connectivity index is 2.04. The van der Waals surface area contributed by atoms with Crippen LogP contribution in [-0.2, 0) is 4.79 Å². The van der Waals surface area contributed by atoms with E-state index in [2.05, 4.69) is 15.5 Å². The van der Waals surface area contributed by atoms with E-state index in [1.807, 2.05) is 0 Å². The molecule has 2 rings (SSSR count). The van der Waals surface area contributed by atoms with Crippen molar-refractivity contribution in [1.29, 1.82) is 0 Å². The van der Waals surface area contributed by atoms with Crippen LogP contribution in [0.15, 0.2) is 18.3 Å². The lowest BCUT2D eigenvalue weighted by Crippen LogP contribution is -2.31. The fourth-order valence-corrected chi connectivity index (χ4v) is 1.35. The Kier molecular flexibility index (Phi) is 2.30. The van der Waals surface area contributed by atoms with Crippen LogP contribution in [0, 0.1) is 5.92 Å². The highest BCUT2D eigenvalue weighted by Gasteiger charge is 2.36. The second-order valence-corrected chi connectivity index (χ2v) is 3.41. The molecule has 0 saturated heterocycles. The summed E-state index contributed by atoms with van der Waals surface area (Å²) in [5, 5.41) is 19.3. The Bertz CT molecular complexity index is 324. The van der Waals surface area contributed by atoms with Crippen LogP contribution in [0.2, 0.25) is 0 Å². The lowest BCUT2D eigenvalue weighted by molar-refractivity contribution is -0.138. The minimum Gasteiger partial charge on any atom is -0.480 e. The molecular formula is C9H11N3O2. The number of aromatic nitrogens is 2. The minimum absolute atomic E-state index is 0.245. The molecule has 1 aliphatic rings. The molecule has 1 aromatic rings. The summed E-state index contributed by atoms with van der Waals surface area (Å²) in [5.41, 5.74) is 0. The Morgan fingerprint density at radius 3 is 2.93 bits per heavy atom. The Morgan fingerprint density at radius 2 is 2.43 bits per heavy atom. The van der Waals surface area contributed by atoms with Gasteiger partial charge in [0.25, 0.3) is 0 Å². The number of aliphatic carboxylic acids is 1. The maximum atomic E-state index is 10.9. The summed E-state index contributed by atoms with van der Waals surface area (Å²) in [6.07, 6.45) is 3.51. The first-order valence-electron chi connectivity index (χ1n) is 4.54. The predicted octanol–water partition coefficient (Wildman–Crippen LogP) is 0.752. The monoisotopic (exact) mass is 193 g/mol. The molecule has 1 fully saturated rings. The van der Waals surface area contributed by atoms with Crippen molar-refractivity contribution < 1.29 is 9.90 Å². The second kappa shape index (κ2) is 3.61. The molecule has 14 heavy (non-hydrogen) atoms. The van der Waals surface area contributed by atoms with Crippen molar-refractivity contribution in [2.45, 2.75) is 18.9 Å². The van der Waals surface area contributed by atoms with Crippen molar-refractivity contribution in [3.63, 3.8) is 0 Å². The number of carboxylic acids is 1. The van der Waals surface area contributed by atoms with E-state index >= 15 is 0 Å². The van der Waals surface area contributed by atoms with Crippen LogP contribution in [0.25, 0.3) is 0 Å². The molecule has 1 unspecified atom stereocenters. The standard InChI is InChI=1S/C9H11N3O2/c13-9(14)8(6-3-4-6)11-7-2-1-5-10-12-7/h1-2,5-6,8H,3-4H2,(H,11,12)(H,13,14). The van der Waals surface area contributed by atoms with Gasteiger partial charge in [0.2, 0.25) is 0 Å². The summed E-state index contributed by atoms with van der Waals surface area (Å²) in [4.78, 5) is 10.9. The number of nitrogens with zero attached hydrogens (tertiary/aromatic N) is 2. The summed E-state index contributed by atoms with van der Waals surface area (Å²) in [7, 11) is 0. The largest absolute Gasteiger partial charge is 0.480 e. The van der Waals surface area contributed by atoms with E-state index in [0.717, 1.165) is 12.8 Å². The van der Waals surface area contributed by atoms with E-state index in [1.54, 1.807) is 18.3 Å². The van der Waals surface area contributed by atoms with Crippen molar-refractivity contribution in [2.24, 2.45) is 5.92 Å². The van der Waals surface area contributed by atoms with Crippen LogP contribution in [0.4, 0.5) is 5.82 Å². The third-order valence-corrected chi connectivity index (χ3v) is 2.24. The number of hydrogen-bond acceptors (Lipinski definition) is 4. The highest BCUT2D eigenvalue weighted by atomic mass is 16.4. The average Bonchev–Trinajstić information content (AvgIpc) is 2.99. The first-order valence-corrected chi connectivity index (χ1v) is 4.54. The SMILES string of the molecule is O=C(O)C(Nc1cccnn1)C1CC1. The van der Waals surface area contributed by atoms with E-state index < -0.39 is 12.0 Å². The molecule has 5 heteroatoms. The molecule has 0 radical (unpaired) electrons. The molecule has 0 amide bonds. The first kappa shape index (κ1) is 8.93. The van der Waals surface area contributed by atoms with Gasteiger partial charge in [0.15, 0.2) is 0 Å². The van der Waals surface area contributed by atoms with E-state index in [4.69, 9.17) is 5.11 Å². The second-order valence-electron chi connectivity index (χ2n) is 3.41. The third kappa shape index (κ3) is 1.99. The summed E-state index contributed by atoms with van der Waals surface area (Å²) in [5.74, 6) is -0.0561. The topological polar surface area (TPSA) is 75.1 Å². The van der Waals surface area contributed by atoms with Crippen LogP contribution in [-0.4, -0.2) is 27.3 Å². The molecule has 0 aliphatic heterocycles. The fourth-order valence-electron chi connectivity index (χ4n) is 1.35. The number of rotatable bonds is 4. The first-order chi connectivity index (χ1) is 6.77. The predicted molar refractivity (Wildman–Crippen MR) is 49.8 cm³/mol. The molecule has 1 aliphatic carbocycles. The molecule has 2 N–H and O–H groups in total. The smallest absolute Gasteiger partial charge is 0.326 e. The van der Waals surface area contributed by atoms with E-state index in [9.17, 15) is 4.79 Å². The average molecular weight is 193 g/mol. The van der Waals surface area contributed by atoms with Gasteiger partial charge in [-0.15, -0.1) is 5.10 Å². The van der Waals surface area contributed by atoms with Crippen molar-refractivity contribution in [1.82, 2.24) is 10.2 Å². The van der Waals surface area contributed by atoms with Crippen molar-refractivity contribution in [3.8, 4) is 0 Å². The molecule has 1 heterocycles. The van der Waals surface area contributed by atoms with E-state index in [-0.39, 0.29) is 5.92 Å². The van der Waals surface area contributed by atoms with Gasteiger partial charge in [0.05, 0.1) is 0 Å². The Labute approximate surface area is 81.2 Å². The van der Waals surface area contributed by atoms with Gasteiger partial charge in [-0.05, 0) is 30.9 Å². The third-order valence-electron chi connectivity index (χ3n) is 2.24. The Hall–Kier alpha value is -1.65. The quantitative estimate of drug-likeness (QED) is 0.738. The van der Waals surface area contributed by atoms with E-state index in [0.29, 0.717) is 5.82 Å². The van der Waals surface area contributed by atoms with Gasteiger partial charge in [-0.1, -0.05) is 0 Å². The molecule has 1 atom stereocenters. The number of anilines is 1. The molecular weight excluding hydrogens is 182 g/mol. The normalized spacial score (nSPS) is 17.4. The highest BCUT2D eigenvalue weighted by Crippen LogP contribution is 2.34. The van der Waals surface area contributed by atoms with Gasteiger partial charge in [-0.3, -0.25) is 0 Å². The summed E-state index contributed by atoms with van der Waals surface area (Å²) in [6.45, 7) is 0. The molecule has 1 saturated carbocycles. The lowest BCUT2D eigenvalue weighted by Gasteiger charge is -2.12. The highest BCUT2D eigenvalue weighted by molar-refractivity contribution is 5.77. The van der Waals surface area contributed by atoms with Gasteiger partial charge in [-0.25, -0.2) is 4.79 Å². The van der Waals surface area contributed by atoms with Crippen LogP contribution in [0.1, 0.15) is 12.8 Å². The molecule has 74 valence electrons. The number of carboxylic acid groups (broad SMARTS) is 1. The van der Waals surface area contributed by atoms with Gasteiger partial charge in [-0.2, -0.15) is 5.10 Å². The zero-order valence-corrected chi connectivity index (χ0v) is 7.55. The van der Waals surface area contributed by atoms with Crippen molar-refractivity contribution in [2.75, 3.05) is 5.32 Å². The number of carbonyl (C=O) groups is 1. The van der Waals surface area contributed by atoms with Crippen molar-refractivity contribution >= 4 is 11.8 Å². The molecule has 5 nitrogen and oxygen atoms in total. The number of hydrogen-bond donors (Lipinski definition) is 2. The Morgan fingerprint density at radius 1 is 1.64 bits per heavy atom. The van der Waals surface area contributed by atoms with Crippen LogP contribution < -0.4 is 5.32 Å². The maximum absolute atomic E-state index is 10.9.